The van der Waals surface area contributed by atoms with Gasteiger partial charge in [0.1, 0.15) is 5.69 Å². The molecule has 2 heterocycles. The number of nitrogens with zero attached hydrogens (tertiary/aromatic N) is 3. The highest BCUT2D eigenvalue weighted by Crippen LogP contribution is 2.18. The maximum absolute atomic E-state index is 5.82. The van der Waals surface area contributed by atoms with E-state index < -0.39 is 5.54 Å². The normalized spacial score (nSPS) is 10.8. The standard InChI is InChI=1S/C15H16N4S/c1-15(2,16)8-6-12-5-4-11(10-18-12)13-7-9-17-14(19-13)20-3/h4-5,7,9-10H,16H2,1-3H3. The third-order valence-electron chi connectivity index (χ3n) is 2.39. The predicted octanol–water partition coefficient (Wildman–Crippen LogP) is 2.35. The maximum Gasteiger partial charge on any atom is 0.187 e. The van der Waals surface area contributed by atoms with Gasteiger partial charge in [0.2, 0.25) is 0 Å². The van der Waals surface area contributed by atoms with Gasteiger partial charge in [0.15, 0.2) is 5.16 Å². The Morgan fingerprint density at radius 3 is 2.60 bits per heavy atom. The average molecular weight is 284 g/mol. The first-order chi connectivity index (χ1) is 9.48. The third-order valence-corrected chi connectivity index (χ3v) is 2.95. The van der Waals surface area contributed by atoms with Gasteiger partial charge in [-0.15, -0.1) is 0 Å². The fourth-order valence-corrected chi connectivity index (χ4v) is 1.80. The van der Waals surface area contributed by atoms with Crippen molar-refractivity contribution in [3.63, 3.8) is 0 Å². The molecule has 2 N–H and O–H groups in total. The van der Waals surface area contributed by atoms with Crippen molar-refractivity contribution in [2.45, 2.75) is 24.5 Å². The molecule has 0 unspecified atom stereocenters. The summed E-state index contributed by atoms with van der Waals surface area (Å²) in [5.74, 6) is 5.91. The van der Waals surface area contributed by atoms with E-state index in [9.17, 15) is 0 Å². The minimum Gasteiger partial charge on any atom is -0.316 e. The minimum absolute atomic E-state index is 0.514. The SMILES string of the molecule is CSc1nccc(-c2ccc(C#CC(C)(C)N)nc2)n1. The van der Waals surface area contributed by atoms with Gasteiger partial charge < -0.3 is 5.73 Å². The highest BCUT2D eigenvalue weighted by Gasteiger charge is 2.05. The quantitative estimate of drug-likeness (QED) is 0.521. The van der Waals surface area contributed by atoms with Crippen molar-refractivity contribution in [3.8, 4) is 23.1 Å². The molecule has 2 aromatic rings. The van der Waals surface area contributed by atoms with E-state index in [1.807, 2.05) is 38.3 Å². The molecule has 2 rings (SSSR count). The van der Waals surface area contributed by atoms with Gasteiger partial charge in [-0.05, 0) is 44.2 Å². The summed E-state index contributed by atoms with van der Waals surface area (Å²) >= 11 is 1.51. The number of aromatic nitrogens is 3. The molecule has 102 valence electrons. The first kappa shape index (κ1) is 14.5. The summed E-state index contributed by atoms with van der Waals surface area (Å²) in [6.07, 6.45) is 5.46. The molecule has 0 aliphatic carbocycles. The Hall–Kier alpha value is -1.90. The first-order valence-electron chi connectivity index (χ1n) is 6.13. The summed E-state index contributed by atoms with van der Waals surface area (Å²) < 4.78 is 0. The molecule has 0 bridgehead atoms. The highest BCUT2D eigenvalue weighted by molar-refractivity contribution is 7.98. The summed E-state index contributed by atoms with van der Waals surface area (Å²) in [4.78, 5) is 12.9. The van der Waals surface area contributed by atoms with E-state index in [-0.39, 0.29) is 0 Å². The topological polar surface area (TPSA) is 64.7 Å². The van der Waals surface area contributed by atoms with Gasteiger partial charge in [0, 0.05) is 18.0 Å². The summed E-state index contributed by atoms with van der Waals surface area (Å²) in [5.41, 5.74) is 7.80. The zero-order valence-corrected chi connectivity index (χ0v) is 12.5. The van der Waals surface area contributed by atoms with Crippen molar-refractivity contribution in [2.24, 2.45) is 5.73 Å². The van der Waals surface area contributed by atoms with Crippen LogP contribution in [0, 0.1) is 11.8 Å². The lowest BCUT2D eigenvalue weighted by atomic mass is 10.1. The van der Waals surface area contributed by atoms with Gasteiger partial charge in [0.05, 0.1) is 11.2 Å². The Kier molecular flexibility index (Phi) is 4.38. The van der Waals surface area contributed by atoms with Crippen LogP contribution in [-0.4, -0.2) is 26.7 Å². The Morgan fingerprint density at radius 2 is 2.00 bits per heavy atom. The molecule has 0 aromatic carbocycles. The van der Waals surface area contributed by atoms with Crippen molar-refractivity contribution in [1.29, 1.82) is 0 Å². The third kappa shape index (κ3) is 4.05. The number of hydrogen-bond acceptors (Lipinski definition) is 5. The van der Waals surface area contributed by atoms with E-state index in [4.69, 9.17) is 5.73 Å². The molecule has 0 radical (unpaired) electrons. The second-order valence-electron chi connectivity index (χ2n) is 4.83. The Morgan fingerprint density at radius 1 is 1.20 bits per heavy atom. The summed E-state index contributed by atoms with van der Waals surface area (Å²) in [7, 11) is 0. The minimum atomic E-state index is -0.514. The van der Waals surface area contributed by atoms with Gasteiger partial charge in [-0.3, -0.25) is 0 Å². The number of thioether (sulfide) groups is 1. The molecule has 4 nitrogen and oxygen atoms in total. The van der Waals surface area contributed by atoms with Crippen molar-refractivity contribution >= 4 is 11.8 Å². The Balaban J connectivity index is 2.25. The predicted molar refractivity (Wildman–Crippen MR) is 82.2 cm³/mol. The lowest BCUT2D eigenvalue weighted by molar-refractivity contribution is 0.680. The van der Waals surface area contributed by atoms with Crippen LogP contribution in [-0.2, 0) is 0 Å². The molecular weight excluding hydrogens is 268 g/mol. The summed E-state index contributed by atoms with van der Waals surface area (Å²) in [6.45, 7) is 3.72. The molecule has 0 saturated heterocycles. The molecule has 0 saturated carbocycles. The van der Waals surface area contributed by atoms with E-state index >= 15 is 0 Å². The van der Waals surface area contributed by atoms with Gasteiger partial charge in [-0.2, -0.15) is 0 Å². The lowest BCUT2D eigenvalue weighted by Crippen LogP contribution is -2.29. The van der Waals surface area contributed by atoms with Crippen LogP contribution in [0.15, 0.2) is 35.7 Å². The maximum atomic E-state index is 5.82. The number of rotatable bonds is 2. The molecule has 20 heavy (non-hydrogen) atoms. The molecule has 0 aliphatic heterocycles. The number of hydrogen-bond donors (Lipinski definition) is 1. The molecule has 2 aromatic heterocycles. The summed E-state index contributed by atoms with van der Waals surface area (Å²) in [5, 5.41) is 0.747. The van der Waals surface area contributed by atoms with E-state index in [1.165, 1.54) is 11.8 Å². The second kappa shape index (κ2) is 6.04. The highest BCUT2D eigenvalue weighted by atomic mass is 32.2. The zero-order chi connectivity index (χ0) is 14.6. The van der Waals surface area contributed by atoms with Gasteiger partial charge in [-0.25, -0.2) is 15.0 Å². The molecule has 0 fully saturated rings. The van der Waals surface area contributed by atoms with Crippen molar-refractivity contribution in [2.75, 3.05) is 6.26 Å². The van der Waals surface area contributed by atoms with E-state index in [2.05, 4.69) is 26.8 Å². The molecule has 0 atom stereocenters. The number of pyridine rings is 1. The molecule has 0 spiro atoms. The van der Waals surface area contributed by atoms with Crippen LogP contribution in [0.25, 0.3) is 11.3 Å². The van der Waals surface area contributed by atoms with Crippen LogP contribution in [0.4, 0.5) is 0 Å². The van der Waals surface area contributed by atoms with E-state index in [1.54, 1.807) is 12.4 Å². The average Bonchev–Trinajstić information content (AvgIpc) is 2.45. The summed E-state index contributed by atoms with van der Waals surface area (Å²) in [6, 6.07) is 5.69. The van der Waals surface area contributed by atoms with Crippen molar-refractivity contribution in [1.82, 2.24) is 15.0 Å². The van der Waals surface area contributed by atoms with Crippen LogP contribution in [0.1, 0.15) is 19.5 Å². The van der Waals surface area contributed by atoms with Crippen LogP contribution < -0.4 is 5.73 Å². The molecular formula is C15H16N4S. The lowest BCUT2D eigenvalue weighted by Gasteiger charge is -2.07. The van der Waals surface area contributed by atoms with Crippen molar-refractivity contribution < 1.29 is 0 Å². The molecule has 0 aliphatic rings. The fraction of sp³-hybridized carbons (Fsp3) is 0.267. The fourth-order valence-electron chi connectivity index (χ4n) is 1.44. The van der Waals surface area contributed by atoms with Gasteiger partial charge in [-0.1, -0.05) is 17.7 Å². The largest absolute Gasteiger partial charge is 0.316 e. The van der Waals surface area contributed by atoms with Crippen LogP contribution in [0.3, 0.4) is 0 Å². The Labute approximate surface area is 123 Å². The number of nitrogens with two attached hydrogens (primary N) is 1. The zero-order valence-electron chi connectivity index (χ0n) is 11.7. The monoisotopic (exact) mass is 284 g/mol. The molecule has 0 amide bonds. The van der Waals surface area contributed by atoms with E-state index in [0.29, 0.717) is 5.69 Å². The van der Waals surface area contributed by atoms with Crippen molar-refractivity contribution in [3.05, 3.63) is 36.3 Å². The Bertz CT molecular complexity index is 648. The van der Waals surface area contributed by atoms with E-state index in [0.717, 1.165) is 16.4 Å². The smallest absolute Gasteiger partial charge is 0.187 e. The van der Waals surface area contributed by atoms with Gasteiger partial charge in [0.25, 0.3) is 0 Å². The van der Waals surface area contributed by atoms with Crippen LogP contribution in [0.2, 0.25) is 0 Å². The second-order valence-corrected chi connectivity index (χ2v) is 5.61. The van der Waals surface area contributed by atoms with Gasteiger partial charge >= 0.3 is 0 Å². The van der Waals surface area contributed by atoms with Crippen LogP contribution >= 0.6 is 11.8 Å². The first-order valence-corrected chi connectivity index (χ1v) is 7.36. The molecule has 5 heteroatoms. The van der Waals surface area contributed by atoms with Crippen LogP contribution in [0.5, 0.6) is 0 Å².